The highest BCUT2D eigenvalue weighted by atomic mass is 32.1. The molecule has 8 heteroatoms. The normalized spacial score (nSPS) is 18.8. The molecule has 2 amide bonds. The highest BCUT2D eigenvalue weighted by molar-refractivity contribution is 7.13. The molecule has 0 bridgehead atoms. The van der Waals surface area contributed by atoms with Crippen molar-refractivity contribution in [3.05, 3.63) is 35.4 Å². The molecule has 0 spiro atoms. The maximum Gasteiger partial charge on any atom is 0.312 e. The molecule has 3 heterocycles. The third-order valence-corrected chi connectivity index (χ3v) is 5.87. The second kappa shape index (κ2) is 7.11. The Kier molecular flexibility index (Phi) is 4.67. The number of rotatable bonds is 4. The Bertz CT molecular complexity index is 821. The minimum absolute atomic E-state index is 0.00701. The minimum atomic E-state index is -0.562. The Morgan fingerprint density at radius 1 is 1.15 bits per heavy atom. The van der Waals surface area contributed by atoms with Crippen molar-refractivity contribution in [2.45, 2.75) is 38.3 Å². The Morgan fingerprint density at radius 2 is 1.96 bits per heavy atom. The average molecular weight is 374 g/mol. The van der Waals surface area contributed by atoms with Gasteiger partial charge in [0.05, 0.1) is 12.2 Å². The van der Waals surface area contributed by atoms with Crippen molar-refractivity contribution in [3.63, 3.8) is 0 Å². The summed E-state index contributed by atoms with van der Waals surface area (Å²) in [6, 6.07) is 1.56. The summed E-state index contributed by atoms with van der Waals surface area (Å²) >= 11 is 1.41. The van der Waals surface area contributed by atoms with Crippen LogP contribution in [0.5, 0.6) is 0 Å². The van der Waals surface area contributed by atoms with E-state index in [0.29, 0.717) is 23.7 Å². The zero-order valence-electron chi connectivity index (χ0n) is 14.2. The first-order valence-electron chi connectivity index (χ1n) is 8.77. The van der Waals surface area contributed by atoms with Gasteiger partial charge in [-0.15, -0.1) is 11.3 Å². The molecule has 1 aliphatic heterocycles. The second-order valence-electron chi connectivity index (χ2n) is 6.65. The lowest BCUT2D eigenvalue weighted by molar-refractivity contribution is -0.158. The van der Waals surface area contributed by atoms with E-state index in [9.17, 15) is 14.0 Å². The van der Waals surface area contributed by atoms with Gasteiger partial charge in [-0.1, -0.05) is 12.8 Å². The molecule has 2 aromatic heterocycles. The standard InChI is InChI=1S/C18H19FN4O2S/c19-14-9-12(16-20-5-8-26-16)10-21-15(14)11-22-6-7-23(18(25)17(22)24)13-3-1-2-4-13/h5,8-10,13H,1-4,6-7,11H2. The first-order chi connectivity index (χ1) is 12.6. The fourth-order valence-electron chi connectivity index (χ4n) is 3.65. The topological polar surface area (TPSA) is 66.4 Å². The van der Waals surface area contributed by atoms with E-state index in [2.05, 4.69) is 9.97 Å². The Balaban J connectivity index is 1.46. The SMILES string of the molecule is O=C1C(=O)N(C2CCCC2)CCN1Cc1ncc(-c2nccs2)cc1F. The van der Waals surface area contributed by atoms with Crippen LogP contribution in [0, 0.1) is 5.82 Å². The van der Waals surface area contributed by atoms with Crippen LogP contribution in [0.2, 0.25) is 0 Å². The first kappa shape index (κ1) is 17.1. The number of hydrogen-bond donors (Lipinski definition) is 0. The summed E-state index contributed by atoms with van der Waals surface area (Å²) in [6.45, 7) is 0.928. The van der Waals surface area contributed by atoms with Gasteiger partial charge in [0.2, 0.25) is 0 Å². The molecule has 0 radical (unpaired) electrons. The number of carbonyl (C=O) groups is 2. The summed E-state index contributed by atoms with van der Waals surface area (Å²) in [5.74, 6) is -1.52. The third kappa shape index (κ3) is 3.21. The van der Waals surface area contributed by atoms with Crippen molar-refractivity contribution in [2.24, 2.45) is 0 Å². The van der Waals surface area contributed by atoms with E-state index in [-0.39, 0.29) is 18.3 Å². The van der Waals surface area contributed by atoms with E-state index in [1.165, 1.54) is 22.3 Å². The summed E-state index contributed by atoms with van der Waals surface area (Å²) in [4.78, 5) is 36.2. The summed E-state index contributed by atoms with van der Waals surface area (Å²) < 4.78 is 14.4. The molecular formula is C18H19FN4O2S. The zero-order chi connectivity index (χ0) is 18.1. The molecule has 1 saturated carbocycles. The van der Waals surface area contributed by atoms with Crippen LogP contribution in [0.15, 0.2) is 23.8 Å². The molecule has 1 saturated heterocycles. The number of hydrogen-bond acceptors (Lipinski definition) is 5. The fourth-order valence-corrected chi connectivity index (χ4v) is 4.27. The van der Waals surface area contributed by atoms with Crippen LogP contribution in [-0.2, 0) is 16.1 Å². The van der Waals surface area contributed by atoms with Crippen molar-refractivity contribution in [3.8, 4) is 10.6 Å². The third-order valence-electron chi connectivity index (χ3n) is 5.04. The number of nitrogens with zero attached hydrogens (tertiary/aromatic N) is 4. The summed E-state index contributed by atoms with van der Waals surface area (Å²) in [5, 5.41) is 2.51. The van der Waals surface area contributed by atoms with E-state index in [1.807, 2.05) is 5.38 Å². The van der Waals surface area contributed by atoms with Gasteiger partial charge >= 0.3 is 11.8 Å². The lowest BCUT2D eigenvalue weighted by Crippen LogP contribution is -2.56. The monoisotopic (exact) mass is 374 g/mol. The van der Waals surface area contributed by atoms with Crippen LogP contribution in [0.3, 0.4) is 0 Å². The average Bonchev–Trinajstić information content (AvgIpc) is 3.34. The summed E-state index contributed by atoms with van der Waals surface area (Å²) in [6.07, 6.45) is 7.35. The predicted octanol–water partition coefficient (Wildman–Crippen LogP) is 2.46. The fraction of sp³-hybridized carbons (Fsp3) is 0.444. The molecular weight excluding hydrogens is 355 g/mol. The van der Waals surface area contributed by atoms with Gasteiger partial charge in [-0.25, -0.2) is 9.37 Å². The number of carbonyl (C=O) groups excluding carboxylic acids is 2. The molecule has 4 rings (SSSR count). The molecule has 0 aromatic carbocycles. The summed E-state index contributed by atoms with van der Waals surface area (Å²) in [7, 11) is 0. The van der Waals surface area contributed by atoms with E-state index < -0.39 is 17.6 Å². The smallest absolute Gasteiger partial charge is 0.312 e. The lowest BCUT2D eigenvalue weighted by atomic mass is 10.1. The van der Waals surface area contributed by atoms with Gasteiger partial charge in [0.25, 0.3) is 0 Å². The van der Waals surface area contributed by atoms with Crippen LogP contribution >= 0.6 is 11.3 Å². The molecule has 2 aromatic rings. The van der Waals surface area contributed by atoms with Gasteiger partial charge in [0.15, 0.2) is 0 Å². The second-order valence-corrected chi connectivity index (χ2v) is 7.55. The number of piperazine rings is 1. The summed E-state index contributed by atoms with van der Waals surface area (Å²) in [5.41, 5.74) is 0.774. The molecule has 0 atom stereocenters. The predicted molar refractivity (Wildman–Crippen MR) is 94.7 cm³/mol. The lowest BCUT2D eigenvalue weighted by Gasteiger charge is -2.37. The van der Waals surface area contributed by atoms with Crippen molar-refractivity contribution < 1.29 is 14.0 Å². The van der Waals surface area contributed by atoms with Crippen molar-refractivity contribution in [2.75, 3.05) is 13.1 Å². The molecule has 136 valence electrons. The zero-order valence-corrected chi connectivity index (χ0v) is 15.0. The van der Waals surface area contributed by atoms with Crippen LogP contribution in [0.4, 0.5) is 4.39 Å². The number of aromatic nitrogens is 2. The maximum absolute atomic E-state index is 14.4. The number of thiazole rings is 1. The quantitative estimate of drug-likeness (QED) is 0.771. The van der Waals surface area contributed by atoms with Crippen LogP contribution in [0.1, 0.15) is 31.4 Å². The van der Waals surface area contributed by atoms with E-state index >= 15 is 0 Å². The van der Waals surface area contributed by atoms with Gasteiger partial charge < -0.3 is 9.80 Å². The first-order valence-corrected chi connectivity index (χ1v) is 9.65. The Labute approximate surface area is 154 Å². The molecule has 2 fully saturated rings. The largest absolute Gasteiger partial charge is 0.330 e. The van der Waals surface area contributed by atoms with Crippen molar-refractivity contribution >= 4 is 23.2 Å². The number of pyridine rings is 1. The van der Waals surface area contributed by atoms with Gasteiger partial charge in [-0.3, -0.25) is 14.6 Å². The van der Waals surface area contributed by atoms with Crippen LogP contribution in [-0.4, -0.2) is 50.7 Å². The van der Waals surface area contributed by atoms with E-state index in [4.69, 9.17) is 0 Å². The van der Waals surface area contributed by atoms with Crippen molar-refractivity contribution in [1.82, 2.24) is 19.8 Å². The van der Waals surface area contributed by atoms with E-state index in [1.54, 1.807) is 17.3 Å². The number of halogens is 1. The Hall–Kier alpha value is -2.35. The van der Waals surface area contributed by atoms with Crippen molar-refractivity contribution in [1.29, 1.82) is 0 Å². The minimum Gasteiger partial charge on any atom is -0.330 e. The molecule has 1 aliphatic carbocycles. The van der Waals surface area contributed by atoms with Gasteiger partial charge in [-0.2, -0.15) is 0 Å². The highest BCUT2D eigenvalue weighted by Gasteiger charge is 2.37. The van der Waals surface area contributed by atoms with Gasteiger partial charge in [0, 0.05) is 42.5 Å². The molecule has 0 unspecified atom stereocenters. The molecule has 26 heavy (non-hydrogen) atoms. The molecule has 2 aliphatic rings. The molecule has 6 nitrogen and oxygen atoms in total. The van der Waals surface area contributed by atoms with Gasteiger partial charge in [0.1, 0.15) is 10.8 Å². The highest BCUT2D eigenvalue weighted by Crippen LogP contribution is 2.26. The molecule has 0 N–H and O–H groups in total. The van der Waals surface area contributed by atoms with E-state index in [0.717, 1.165) is 25.7 Å². The van der Waals surface area contributed by atoms with Crippen LogP contribution < -0.4 is 0 Å². The van der Waals surface area contributed by atoms with Gasteiger partial charge in [-0.05, 0) is 18.9 Å². The Morgan fingerprint density at radius 3 is 2.65 bits per heavy atom. The van der Waals surface area contributed by atoms with Crippen LogP contribution in [0.25, 0.3) is 10.6 Å². The maximum atomic E-state index is 14.4. The number of amides is 2.